The van der Waals surface area contributed by atoms with E-state index >= 15 is 0 Å². The Morgan fingerprint density at radius 2 is 2.08 bits per heavy atom. The molecule has 0 atom stereocenters. The van der Waals surface area contributed by atoms with Crippen LogP contribution in [0.1, 0.15) is 11.1 Å². The predicted octanol–water partition coefficient (Wildman–Crippen LogP) is 3.30. The van der Waals surface area contributed by atoms with E-state index in [9.17, 15) is 9.59 Å². The molecular formula is C20H19N3O3. The number of amides is 2. The quantitative estimate of drug-likeness (QED) is 0.742. The highest BCUT2D eigenvalue weighted by Crippen LogP contribution is 2.19. The van der Waals surface area contributed by atoms with E-state index in [4.69, 9.17) is 4.74 Å². The molecule has 6 nitrogen and oxygen atoms in total. The standard InChI is InChI=1S/C20H19N3O3/c24-19(11-15-12-21-18-7-2-1-6-17(15)18)22-16-5-3-4-14(10-16)13-23-8-9-26-20(23)25/h1-7,10,12,21H,8-9,11,13H2,(H,22,24). The van der Waals surface area contributed by atoms with E-state index in [0.29, 0.717) is 26.1 Å². The van der Waals surface area contributed by atoms with Crippen LogP contribution in [0.4, 0.5) is 10.5 Å². The zero-order valence-electron chi connectivity index (χ0n) is 14.2. The Morgan fingerprint density at radius 3 is 2.92 bits per heavy atom. The normalized spacial score (nSPS) is 13.8. The Balaban J connectivity index is 1.42. The zero-order valence-corrected chi connectivity index (χ0v) is 14.2. The summed E-state index contributed by atoms with van der Waals surface area (Å²) in [6, 6.07) is 15.5. The molecule has 1 aromatic heterocycles. The molecule has 1 aliphatic heterocycles. The summed E-state index contributed by atoms with van der Waals surface area (Å²) < 4.78 is 4.94. The minimum Gasteiger partial charge on any atom is -0.448 e. The van der Waals surface area contributed by atoms with Crippen molar-refractivity contribution >= 4 is 28.6 Å². The number of benzene rings is 2. The van der Waals surface area contributed by atoms with Gasteiger partial charge in [0.1, 0.15) is 6.61 Å². The molecular weight excluding hydrogens is 330 g/mol. The first kappa shape index (κ1) is 16.2. The molecule has 0 unspecified atom stereocenters. The number of aromatic nitrogens is 1. The van der Waals surface area contributed by atoms with Gasteiger partial charge in [-0.25, -0.2) is 4.79 Å². The van der Waals surface area contributed by atoms with E-state index in [1.807, 2.05) is 54.7 Å². The van der Waals surface area contributed by atoms with Crippen LogP contribution in [0.2, 0.25) is 0 Å². The van der Waals surface area contributed by atoms with E-state index in [1.165, 1.54) is 0 Å². The van der Waals surface area contributed by atoms with Gasteiger partial charge in [-0.15, -0.1) is 0 Å². The van der Waals surface area contributed by atoms with Gasteiger partial charge in [0.2, 0.25) is 5.91 Å². The summed E-state index contributed by atoms with van der Waals surface area (Å²) in [4.78, 5) is 28.8. The molecule has 2 aromatic carbocycles. The third-order valence-electron chi connectivity index (χ3n) is 4.46. The topological polar surface area (TPSA) is 74.4 Å². The second-order valence-electron chi connectivity index (χ2n) is 6.32. The fourth-order valence-electron chi connectivity index (χ4n) is 3.19. The van der Waals surface area contributed by atoms with E-state index < -0.39 is 0 Å². The molecule has 3 aromatic rings. The molecule has 0 aliphatic carbocycles. The maximum atomic E-state index is 12.4. The lowest BCUT2D eigenvalue weighted by Crippen LogP contribution is -2.23. The summed E-state index contributed by atoms with van der Waals surface area (Å²) in [6.07, 6.45) is 1.88. The number of cyclic esters (lactones) is 1. The molecule has 0 saturated carbocycles. The first-order valence-corrected chi connectivity index (χ1v) is 8.54. The Hall–Kier alpha value is -3.28. The van der Waals surface area contributed by atoms with Crippen LogP contribution in [0, 0.1) is 0 Å². The number of nitrogens with one attached hydrogen (secondary N) is 2. The molecule has 0 radical (unpaired) electrons. The molecule has 0 spiro atoms. The van der Waals surface area contributed by atoms with Crippen molar-refractivity contribution < 1.29 is 14.3 Å². The van der Waals surface area contributed by atoms with Gasteiger partial charge in [0.25, 0.3) is 0 Å². The van der Waals surface area contributed by atoms with Crippen LogP contribution in [0.15, 0.2) is 54.7 Å². The van der Waals surface area contributed by atoms with Crippen LogP contribution >= 0.6 is 0 Å². The minimum atomic E-state index is -0.293. The van der Waals surface area contributed by atoms with Crippen LogP contribution in [0.25, 0.3) is 10.9 Å². The third kappa shape index (κ3) is 3.39. The van der Waals surface area contributed by atoms with Crippen molar-refractivity contribution in [1.82, 2.24) is 9.88 Å². The summed E-state index contributed by atoms with van der Waals surface area (Å²) in [5.74, 6) is -0.0764. The molecule has 1 aliphatic rings. The van der Waals surface area contributed by atoms with Gasteiger partial charge < -0.3 is 19.9 Å². The van der Waals surface area contributed by atoms with Crippen LogP contribution in [-0.4, -0.2) is 35.0 Å². The predicted molar refractivity (Wildman–Crippen MR) is 98.8 cm³/mol. The number of anilines is 1. The summed E-state index contributed by atoms with van der Waals surface area (Å²) in [5.41, 5.74) is 3.66. The van der Waals surface area contributed by atoms with Gasteiger partial charge in [-0.1, -0.05) is 30.3 Å². The zero-order chi connectivity index (χ0) is 17.9. The van der Waals surface area contributed by atoms with E-state index in [1.54, 1.807) is 4.90 Å². The number of nitrogens with zero attached hydrogens (tertiary/aromatic N) is 1. The highest BCUT2D eigenvalue weighted by molar-refractivity contribution is 5.95. The molecule has 1 saturated heterocycles. The van der Waals surface area contributed by atoms with E-state index in [2.05, 4.69) is 10.3 Å². The van der Waals surface area contributed by atoms with Crippen LogP contribution < -0.4 is 5.32 Å². The van der Waals surface area contributed by atoms with Gasteiger partial charge in [0.05, 0.1) is 13.0 Å². The van der Waals surface area contributed by atoms with Gasteiger partial charge in [-0.3, -0.25) is 4.79 Å². The molecule has 2 amide bonds. The largest absolute Gasteiger partial charge is 0.448 e. The summed E-state index contributed by atoms with van der Waals surface area (Å²) >= 11 is 0. The Bertz CT molecular complexity index is 964. The number of hydrogen-bond acceptors (Lipinski definition) is 3. The van der Waals surface area contributed by atoms with Crippen molar-refractivity contribution in [3.8, 4) is 0 Å². The number of para-hydroxylation sites is 1. The molecule has 4 rings (SSSR count). The lowest BCUT2D eigenvalue weighted by Gasteiger charge is -2.13. The van der Waals surface area contributed by atoms with Gasteiger partial charge in [0.15, 0.2) is 0 Å². The summed E-state index contributed by atoms with van der Waals surface area (Å²) in [6.45, 7) is 1.50. The second kappa shape index (κ2) is 6.92. The summed E-state index contributed by atoms with van der Waals surface area (Å²) in [5, 5.41) is 3.99. The Morgan fingerprint density at radius 1 is 1.19 bits per heavy atom. The average Bonchev–Trinajstić information content (AvgIpc) is 3.22. The van der Waals surface area contributed by atoms with Crippen LogP contribution in [0.3, 0.4) is 0 Å². The number of aromatic amines is 1. The molecule has 0 bridgehead atoms. The lowest BCUT2D eigenvalue weighted by atomic mass is 10.1. The van der Waals surface area contributed by atoms with Crippen molar-refractivity contribution in [2.24, 2.45) is 0 Å². The van der Waals surface area contributed by atoms with E-state index in [-0.39, 0.29) is 12.0 Å². The van der Waals surface area contributed by atoms with Crippen molar-refractivity contribution in [2.75, 3.05) is 18.5 Å². The van der Waals surface area contributed by atoms with Gasteiger partial charge in [-0.05, 0) is 29.3 Å². The molecule has 132 valence electrons. The van der Waals surface area contributed by atoms with Crippen molar-refractivity contribution in [3.05, 3.63) is 65.9 Å². The number of ether oxygens (including phenoxy) is 1. The number of H-pyrrole nitrogens is 1. The first-order valence-electron chi connectivity index (χ1n) is 8.54. The van der Waals surface area contributed by atoms with Gasteiger partial charge >= 0.3 is 6.09 Å². The Kier molecular flexibility index (Phi) is 4.31. The molecule has 26 heavy (non-hydrogen) atoms. The monoisotopic (exact) mass is 349 g/mol. The fraction of sp³-hybridized carbons (Fsp3) is 0.200. The molecule has 1 fully saturated rings. The highest BCUT2D eigenvalue weighted by Gasteiger charge is 2.21. The number of hydrogen-bond donors (Lipinski definition) is 2. The van der Waals surface area contributed by atoms with E-state index in [0.717, 1.165) is 27.7 Å². The number of fused-ring (bicyclic) bond motifs is 1. The van der Waals surface area contributed by atoms with Gasteiger partial charge in [0, 0.05) is 29.3 Å². The SMILES string of the molecule is O=C(Cc1c[nH]c2ccccc12)Nc1cccc(CN2CCOC2=O)c1. The smallest absolute Gasteiger partial charge is 0.410 e. The van der Waals surface area contributed by atoms with Crippen molar-refractivity contribution in [3.63, 3.8) is 0 Å². The molecule has 2 N–H and O–H groups in total. The first-order chi connectivity index (χ1) is 12.7. The molecule has 6 heteroatoms. The Labute approximate surface area is 150 Å². The third-order valence-corrected chi connectivity index (χ3v) is 4.46. The number of rotatable bonds is 5. The number of carbonyl (C=O) groups is 2. The highest BCUT2D eigenvalue weighted by atomic mass is 16.6. The number of carbonyl (C=O) groups excluding carboxylic acids is 2. The van der Waals surface area contributed by atoms with Gasteiger partial charge in [-0.2, -0.15) is 0 Å². The second-order valence-corrected chi connectivity index (χ2v) is 6.32. The fourth-order valence-corrected chi connectivity index (χ4v) is 3.19. The maximum absolute atomic E-state index is 12.4. The van der Waals surface area contributed by atoms with Crippen molar-refractivity contribution in [1.29, 1.82) is 0 Å². The molecule has 2 heterocycles. The van der Waals surface area contributed by atoms with Crippen molar-refractivity contribution in [2.45, 2.75) is 13.0 Å². The minimum absolute atomic E-state index is 0.0764. The van der Waals surface area contributed by atoms with Crippen LogP contribution in [-0.2, 0) is 22.5 Å². The lowest BCUT2D eigenvalue weighted by molar-refractivity contribution is -0.115. The maximum Gasteiger partial charge on any atom is 0.410 e. The summed E-state index contributed by atoms with van der Waals surface area (Å²) in [7, 11) is 0. The average molecular weight is 349 g/mol. The van der Waals surface area contributed by atoms with Crippen LogP contribution in [0.5, 0.6) is 0 Å².